The summed E-state index contributed by atoms with van der Waals surface area (Å²) in [4.78, 5) is 7.67. The Bertz CT molecular complexity index is 608. The number of rotatable bonds is 4. The summed E-state index contributed by atoms with van der Waals surface area (Å²) in [6.45, 7) is 3.40. The van der Waals surface area contributed by atoms with E-state index in [0.717, 1.165) is 37.6 Å². The minimum atomic E-state index is 0. The molecule has 0 aliphatic carbocycles. The first kappa shape index (κ1) is 17.0. The largest absolute Gasteiger partial charge is 0.497 e. The highest BCUT2D eigenvalue weighted by molar-refractivity contribution is 7.15. The Hall–Kier alpha value is -1.34. The van der Waals surface area contributed by atoms with E-state index in [9.17, 15) is 0 Å². The molecule has 0 bridgehead atoms. The van der Waals surface area contributed by atoms with Crippen LogP contribution in [0.15, 0.2) is 30.5 Å². The molecule has 7 heteroatoms. The number of morpholine rings is 1. The number of hydrogen-bond donors (Lipinski definition) is 1. The lowest BCUT2D eigenvalue weighted by atomic mass is 10.1. The number of ether oxygens (including phenoxy) is 2. The van der Waals surface area contributed by atoms with Crippen molar-refractivity contribution in [3.05, 3.63) is 40.9 Å². The van der Waals surface area contributed by atoms with Crippen LogP contribution in [0, 0.1) is 0 Å². The molecule has 1 unspecified atom stereocenters. The maximum Gasteiger partial charge on any atom is 0.180 e. The van der Waals surface area contributed by atoms with Gasteiger partial charge in [0, 0.05) is 30.7 Å². The molecule has 22 heavy (non-hydrogen) atoms. The predicted molar refractivity (Wildman–Crippen MR) is 90.7 cm³/mol. The molecule has 2 heterocycles. The van der Waals surface area contributed by atoms with Crippen molar-refractivity contribution in [2.24, 2.45) is 0 Å². The van der Waals surface area contributed by atoms with Gasteiger partial charge in [-0.3, -0.25) is 4.90 Å². The topological polar surface area (TPSA) is 60.6 Å². The summed E-state index contributed by atoms with van der Waals surface area (Å²) in [5, 5.41) is 0.627. The molecular weight excluding hydrogens is 322 g/mol. The standard InChI is InChI=1S/C15H19N3O2S.ClH/c1-19-12-4-2-3-11(7-12)14-10-18(5-6-20-14)9-13-8-17-15(16)21-13;/h2-4,7-8,14H,5-6,9-10H2,1H3,(H2,16,17);1H. The maximum atomic E-state index is 5.90. The zero-order valence-electron chi connectivity index (χ0n) is 12.4. The molecule has 1 aromatic carbocycles. The fraction of sp³-hybridized carbons (Fsp3) is 0.400. The van der Waals surface area contributed by atoms with Crippen molar-refractivity contribution in [3.8, 4) is 5.75 Å². The number of nitrogens with two attached hydrogens (primary N) is 1. The molecule has 5 nitrogen and oxygen atoms in total. The number of thiazole rings is 1. The van der Waals surface area contributed by atoms with Crippen LogP contribution < -0.4 is 10.5 Å². The lowest BCUT2D eigenvalue weighted by molar-refractivity contribution is -0.0327. The molecule has 0 radical (unpaired) electrons. The van der Waals surface area contributed by atoms with Gasteiger partial charge in [-0.05, 0) is 17.7 Å². The van der Waals surface area contributed by atoms with Gasteiger partial charge in [0.15, 0.2) is 5.13 Å². The molecule has 0 amide bonds. The van der Waals surface area contributed by atoms with Crippen LogP contribution in [0.3, 0.4) is 0 Å². The van der Waals surface area contributed by atoms with Crippen molar-refractivity contribution < 1.29 is 9.47 Å². The molecule has 120 valence electrons. The Morgan fingerprint density at radius 1 is 1.50 bits per heavy atom. The number of benzene rings is 1. The summed E-state index contributed by atoms with van der Waals surface area (Å²) >= 11 is 1.55. The predicted octanol–water partition coefficient (Wildman–Crippen LogP) is 2.73. The fourth-order valence-electron chi connectivity index (χ4n) is 2.51. The highest BCUT2D eigenvalue weighted by atomic mass is 35.5. The number of nitrogens with zero attached hydrogens (tertiary/aromatic N) is 2. The Kier molecular flexibility index (Phi) is 6.02. The van der Waals surface area contributed by atoms with Crippen molar-refractivity contribution in [3.63, 3.8) is 0 Å². The summed E-state index contributed by atoms with van der Waals surface area (Å²) in [7, 11) is 1.68. The van der Waals surface area contributed by atoms with Crippen molar-refractivity contribution in [1.82, 2.24) is 9.88 Å². The Morgan fingerprint density at radius 3 is 3.09 bits per heavy atom. The third-order valence-electron chi connectivity index (χ3n) is 3.57. The molecule has 1 saturated heterocycles. The first-order valence-corrected chi connectivity index (χ1v) is 7.74. The van der Waals surface area contributed by atoms with E-state index in [4.69, 9.17) is 15.2 Å². The molecule has 1 fully saturated rings. The lowest BCUT2D eigenvalue weighted by Gasteiger charge is -2.32. The molecule has 2 N–H and O–H groups in total. The fourth-order valence-corrected chi connectivity index (χ4v) is 3.23. The number of anilines is 1. The van der Waals surface area contributed by atoms with Crippen molar-refractivity contribution in [1.29, 1.82) is 0 Å². The van der Waals surface area contributed by atoms with Crippen molar-refractivity contribution in [2.75, 3.05) is 32.5 Å². The summed E-state index contributed by atoms with van der Waals surface area (Å²) in [5.41, 5.74) is 6.84. The van der Waals surface area contributed by atoms with Crippen LogP contribution in [0.5, 0.6) is 5.75 Å². The van der Waals surface area contributed by atoms with Gasteiger partial charge in [-0.1, -0.05) is 12.1 Å². The molecular formula is C15H20ClN3O2S. The van der Waals surface area contributed by atoms with Crippen molar-refractivity contribution >= 4 is 28.9 Å². The third-order valence-corrected chi connectivity index (χ3v) is 4.38. The minimum absolute atomic E-state index is 0. The molecule has 1 atom stereocenters. The normalized spacial score (nSPS) is 18.7. The summed E-state index contributed by atoms with van der Waals surface area (Å²) in [6, 6.07) is 8.07. The first-order chi connectivity index (χ1) is 10.2. The van der Waals surface area contributed by atoms with Crippen molar-refractivity contribution in [2.45, 2.75) is 12.6 Å². The van der Waals surface area contributed by atoms with Crippen LogP contribution in [0.25, 0.3) is 0 Å². The van der Waals surface area contributed by atoms with Crippen LogP contribution in [-0.4, -0.2) is 36.7 Å². The zero-order valence-corrected chi connectivity index (χ0v) is 14.0. The second kappa shape index (κ2) is 7.78. The number of nitrogen functional groups attached to an aromatic ring is 1. The zero-order chi connectivity index (χ0) is 14.7. The first-order valence-electron chi connectivity index (χ1n) is 6.92. The Morgan fingerprint density at radius 2 is 2.36 bits per heavy atom. The van der Waals surface area contributed by atoms with Gasteiger partial charge in [-0.25, -0.2) is 4.98 Å². The monoisotopic (exact) mass is 341 g/mol. The Balaban J connectivity index is 0.00000176. The summed E-state index contributed by atoms with van der Waals surface area (Å²) < 4.78 is 11.2. The summed E-state index contributed by atoms with van der Waals surface area (Å²) in [5.74, 6) is 0.864. The van der Waals surface area contributed by atoms with E-state index in [1.165, 1.54) is 4.88 Å². The smallest absolute Gasteiger partial charge is 0.180 e. The summed E-state index contributed by atoms with van der Waals surface area (Å²) in [6.07, 6.45) is 1.94. The van der Waals surface area contributed by atoms with Crippen LogP contribution in [0.2, 0.25) is 0 Å². The van der Waals surface area contributed by atoms with Gasteiger partial charge in [-0.2, -0.15) is 0 Å². The van der Waals surface area contributed by atoms with E-state index < -0.39 is 0 Å². The Labute approximate surface area is 140 Å². The average molecular weight is 342 g/mol. The van der Waals surface area contributed by atoms with Crippen LogP contribution in [0.1, 0.15) is 16.5 Å². The number of methoxy groups -OCH3 is 1. The third kappa shape index (κ3) is 4.10. The minimum Gasteiger partial charge on any atom is -0.497 e. The maximum absolute atomic E-state index is 5.90. The second-order valence-electron chi connectivity index (χ2n) is 5.04. The van der Waals surface area contributed by atoms with Gasteiger partial charge in [0.2, 0.25) is 0 Å². The highest BCUT2D eigenvalue weighted by Crippen LogP contribution is 2.27. The van der Waals surface area contributed by atoms with Gasteiger partial charge >= 0.3 is 0 Å². The molecule has 3 rings (SSSR count). The number of aromatic nitrogens is 1. The molecule has 0 spiro atoms. The van der Waals surface area contributed by atoms with E-state index in [0.29, 0.717) is 5.13 Å². The van der Waals surface area contributed by atoms with E-state index in [1.54, 1.807) is 18.4 Å². The lowest BCUT2D eigenvalue weighted by Crippen LogP contribution is -2.37. The average Bonchev–Trinajstić information content (AvgIpc) is 2.93. The van der Waals surface area contributed by atoms with E-state index in [-0.39, 0.29) is 18.5 Å². The number of hydrogen-bond acceptors (Lipinski definition) is 6. The van der Waals surface area contributed by atoms with Gasteiger partial charge in [-0.15, -0.1) is 23.7 Å². The SMILES string of the molecule is COc1cccc(C2CN(Cc3cnc(N)s3)CCO2)c1.Cl. The van der Waals surface area contributed by atoms with Gasteiger partial charge in [0.05, 0.1) is 19.8 Å². The van der Waals surface area contributed by atoms with E-state index in [2.05, 4.69) is 16.0 Å². The van der Waals surface area contributed by atoms with Gasteiger partial charge in [0.1, 0.15) is 5.75 Å². The molecule has 0 saturated carbocycles. The second-order valence-corrected chi connectivity index (χ2v) is 6.18. The van der Waals surface area contributed by atoms with E-state index in [1.807, 2.05) is 24.4 Å². The van der Waals surface area contributed by atoms with Crippen LogP contribution in [0.4, 0.5) is 5.13 Å². The molecule has 1 aliphatic heterocycles. The number of halogens is 1. The van der Waals surface area contributed by atoms with Crippen LogP contribution in [-0.2, 0) is 11.3 Å². The van der Waals surface area contributed by atoms with Gasteiger partial charge < -0.3 is 15.2 Å². The molecule has 1 aromatic heterocycles. The van der Waals surface area contributed by atoms with Crippen LogP contribution >= 0.6 is 23.7 Å². The van der Waals surface area contributed by atoms with E-state index >= 15 is 0 Å². The van der Waals surface area contributed by atoms with Gasteiger partial charge in [0.25, 0.3) is 0 Å². The highest BCUT2D eigenvalue weighted by Gasteiger charge is 2.22. The molecule has 2 aromatic rings. The molecule has 1 aliphatic rings. The quantitative estimate of drug-likeness (QED) is 0.926.